The molecule has 3 N–H and O–H groups in total. The maximum atomic E-state index is 12.7. The predicted octanol–water partition coefficient (Wildman–Crippen LogP) is 4.81. The van der Waals surface area contributed by atoms with Crippen LogP contribution in [0.4, 0.5) is 10.5 Å². The fourth-order valence-electron chi connectivity index (χ4n) is 4.74. The number of aryl methyl sites for hydroxylation is 1. The number of ether oxygens (including phenoxy) is 1. The molecule has 1 fully saturated rings. The average molecular weight is 471 g/mol. The van der Waals surface area contributed by atoms with Crippen LogP contribution in [0.3, 0.4) is 0 Å². The van der Waals surface area contributed by atoms with Gasteiger partial charge in [-0.2, -0.15) is 0 Å². The van der Waals surface area contributed by atoms with E-state index >= 15 is 0 Å². The summed E-state index contributed by atoms with van der Waals surface area (Å²) < 4.78 is 5.61. The maximum absolute atomic E-state index is 12.7. The molecule has 2 aliphatic carbocycles. The number of hydrogen-bond donors (Lipinski definition) is 3. The van der Waals surface area contributed by atoms with Crippen molar-refractivity contribution >= 4 is 23.7 Å². The van der Waals surface area contributed by atoms with Gasteiger partial charge in [0, 0.05) is 23.7 Å². The molecular weight excluding hydrogens is 444 g/mol. The summed E-state index contributed by atoms with van der Waals surface area (Å²) in [6.45, 7) is 2.35. The highest BCUT2D eigenvalue weighted by Crippen LogP contribution is 2.44. The van der Waals surface area contributed by atoms with Gasteiger partial charge in [-0.05, 0) is 59.2 Å². The quantitative estimate of drug-likeness (QED) is 0.460. The van der Waals surface area contributed by atoms with E-state index in [4.69, 9.17) is 9.84 Å². The van der Waals surface area contributed by atoms with Gasteiger partial charge in [-0.15, -0.1) is 0 Å². The van der Waals surface area contributed by atoms with Gasteiger partial charge in [-0.25, -0.2) is 4.79 Å². The van der Waals surface area contributed by atoms with Crippen molar-refractivity contribution in [2.45, 2.75) is 19.3 Å². The number of fused-ring (bicyclic) bond motifs is 3. The highest BCUT2D eigenvalue weighted by Gasteiger charge is 2.43. The van der Waals surface area contributed by atoms with Crippen LogP contribution in [0.2, 0.25) is 0 Å². The van der Waals surface area contributed by atoms with Crippen LogP contribution in [0.5, 0.6) is 0 Å². The van der Waals surface area contributed by atoms with Crippen LogP contribution in [-0.4, -0.2) is 36.2 Å². The summed E-state index contributed by atoms with van der Waals surface area (Å²) in [7, 11) is 0. The van der Waals surface area contributed by atoms with E-state index in [1.54, 1.807) is 18.2 Å². The molecule has 0 saturated heterocycles. The van der Waals surface area contributed by atoms with Gasteiger partial charge in [0.25, 0.3) is 5.91 Å². The summed E-state index contributed by atoms with van der Waals surface area (Å²) >= 11 is 0. The maximum Gasteiger partial charge on any atom is 0.411 e. The van der Waals surface area contributed by atoms with Crippen molar-refractivity contribution in [3.63, 3.8) is 0 Å². The number of carboxylic acid groups (broad SMARTS) is 1. The SMILES string of the molecule is Cc1ccc(C(=O)NC[C@@H]2C[C@@H]2C(=O)O)cc1NC(=O)OCC1c2ccccc2-c2ccccc21. The summed E-state index contributed by atoms with van der Waals surface area (Å²) in [6, 6.07) is 21.3. The molecule has 0 unspecified atom stereocenters. The van der Waals surface area contributed by atoms with Gasteiger partial charge in [0.15, 0.2) is 0 Å². The minimum absolute atomic E-state index is 0.0275. The van der Waals surface area contributed by atoms with Crippen LogP contribution in [-0.2, 0) is 9.53 Å². The van der Waals surface area contributed by atoms with Gasteiger partial charge in [0.05, 0.1) is 5.92 Å². The topological polar surface area (TPSA) is 105 Å². The largest absolute Gasteiger partial charge is 0.481 e. The third kappa shape index (κ3) is 4.62. The molecule has 3 aromatic rings. The highest BCUT2D eigenvalue weighted by atomic mass is 16.5. The van der Waals surface area contributed by atoms with E-state index in [0.29, 0.717) is 24.2 Å². The number of hydrogen-bond acceptors (Lipinski definition) is 4. The van der Waals surface area contributed by atoms with Crippen molar-refractivity contribution in [3.8, 4) is 11.1 Å². The van der Waals surface area contributed by atoms with E-state index in [0.717, 1.165) is 27.8 Å². The van der Waals surface area contributed by atoms with Crippen molar-refractivity contribution in [1.82, 2.24) is 5.32 Å². The highest BCUT2D eigenvalue weighted by molar-refractivity contribution is 5.96. The number of rotatable bonds is 7. The van der Waals surface area contributed by atoms with E-state index in [2.05, 4.69) is 34.9 Å². The van der Waals surface area contributed by atoms with Gasteiger partial charge in [-0.3, -0.25) is 14.9 Å². The minimum Gasteiger partial charge on any atom is -0.481 e. The van der Waals surface area contributed by atoms with E-state index in [9.17, 15) is 14.4 Å². The Hall–Kier alpha value is -4.13. The van der Waals surface area contributed by atoms with Crippen molar-refractivity contribution in [2.75, 3.05) is 18.5 Å². The Morgan fingerprint density at radius 3 is 2.26 bits per heavy atom. The molecule has 1 saturated carbocycles. The molecule has 2 amide bonds. The Morgan fingerprint density at radius 2 is 1.63 bits per heavy atom. The lowest BCUT2D eigenvalue weighted by Crippen LogP contribution is -2.26. The van der Waals surface area contributed by atoms with E-state index < -0.39 is 12.1 Å². The molecule has 35 heavy (non-hydrogen) atoms. The first-order chi connectivity index (χ1) is 16.9. The lowest BCUT2D eigenvalue weighted by atomic mass is 9.98. The van der Waals surface area contributed by atoms with E-state index in [1.165, 1.54) is 0 Å². The molecule has 0 spiro atoms. The molecule has 178 valence electrons. The summed E-state index contributed by atoms with van der Waals surface area (Å²) in [6.07, 6.45) is -0.00670. The zero-order valence-corrected chi connectivity index (χ0v) is 19.3. The minimum atomic E-state index is -0.825. The second-order valence-corrected chi connectivity index (χ2v) is 9.13. The summed E-state index contributed by atoms with van der Waals surface area (Å²) in [5, 5.41) is 14.5. The number of aliphatic carboxylic acids is 1. The monoisotopic (exact) mass is 470 g/mol. The van der Waals surface area contributed by atoms with Crippen molar-refractivity contribution in [2.24, 2.45) is 11.8 Å². The fourth-order valence-corrected chi connectivity index (χ4v) is 4.74. The number of carbonyl (C=O) groups excluding carboxylic acids is 2. The molecule has 7 heteroatoms. The summed E-state index contributed by atoms with van der Waals surface area (Å²) in [5.74, 6) is -1.58. The molecule has 0 aromatic heterocycles. The lowest BCUT2D eigenvalue weighted by molar-refractivity contribution is -0.138. The Bertz CT molecular complexity index is 1270. The molecule has 0 aliphatic heterocycles. The van der Waals surface area contributed by atoms with Gasteiger partial charge in [-0.1, -0.05) is 54.6 Å². The molecule has 7 nitrogen and oxygen atoms in total. The van der Waals surface area contributed by atoms with Gasteiger partial charge in [0.2, 0.25) is 0 Å². The normalized spacial score (nSPS) is 17.7. The fraction of sp³-hybridized carbons (Fsp3) is 0.250. The van der Waals surface area contributed by atoms with Crippen LogP contribution in [0.15, 0.2) is 66.7 Å². The first kappa shape index (κ1) is 22.7. The average Bonchev–Trinajstić information content (AvgIpc) is 3.58. The van der Waals surface area contributed by atoms with E-state index in [1.807, 2.05) is 31.2 Å². The number of nitrogens with one attached hydrogen (secondary N) is 2. The Morgan fingerprint density at radius 1 is 0.971 bits per heavy atom. The number of carboxylic acids is 1. The van der Waals surface area contributed by atoms with Gasteiger partial charge < -0.3 is 15.2 Å². The van der Waals surface area contributed by atoms with Crippen LogP contribution in [0, 0.1) is 18.8 Å². The van der Waals surface area contributed by atoms with Crippen molar-refractivity contribution in [1.29, 1.82) is 0 Å². The Kier molecular flexibility index (Phi) is 5.99. The van der Waals surface area contributed by atoms with Crippen LogP contribution in [0.25, 0.3) is 11.1 Å². The van der Waals surface area contributed by atoms with Crippen molar-refractivity contribution < 1.29 is 24.2 Å². The molecular formula is C28H26N2O5. The molecule has 0 heterocycles. The van der Waals surface area contributed by atoms with Crippen LogP contribution < -0.4 is 10.6 Å². The lowest BCUT2D eigenvalue weighted by Gasteiger charge is -2.15. The molecule has 5 rings (SSSR count). The van der Waals surface area contributed by atoms with Gasteiger partial charge in [0.1, 0.15) is 6.61 Å². The number of amides is 2. The Balaban J connectivity index is 1.21. The third-order valence-electron chi connectivity index (χ3n) is 6.84. The predicted molar refractivity (Wildman–Crippen MR) is 131 cm³/mol. The molecule has 0 bridgehead atoms. The number of carbonyl (C=O) groups is 3. The number of anilines is 1. The Labute approximate surface area is 203 Å². The standard InChI is InChI=1S/C28H26N2O5/c1-16-10-11-17(26(31)29-14-18-12-23(18)27(32)33)13-25(16)30-28(34)35-15-24-21-8-4-2-6-19(21)20-7-3-5-9-22(20)24/h2-11,13,18,23-24H,12,14-15H2,1H3,(H,29,31)(H,30,34)(H,32,33)/t18-,23-/m0/s1. The van der Waals surface area contributed by atoms with Gasteiger partial charge >= 0.3 is 12.1 Å². The smallest absolute Gasteiger partial charge is 0.411 e. The first-order valence-electron chi connectivity index (χ1n) is 11.7. The van der Waals surface area contributed by atoms with Crippen LogP contribution in [0.1, 0.15) is 39.4 Å². The summed E-state index contributed by atoms with van der Waals surface area (Å²) in [5.41, 5.74) is 6.26. The summed E-state index contributed by atoms with van der Waals surface area (Å²) in [4.78, 5) is 36.2. The zero-order chi connectivity index (χ0) is 24.5. The molecule has 2 atom stereocenters. The first-order valence-corrected chi connectivity index (χ1v) is 11.7. The molecule has 0 radical (unpaired) electrons. The molecule has 3 aromatic carbocycles. The molecule has 2 aliphatic rings. The van der Waals surface area contributed by atoms with E-state index in [-0.39, 0.29) is 30.3 Å². The van der Waals surface area contributed by atoms with Crippen molar-refractivity contribution in [3.05, 3.63) is 89.0 Å². The second kappa shape index (κ2) is 9.25. The second-order valence-electron chi connectivity index (χ2n) is 9.13. The van der Waals surface area contributed by atoms with Crippen LogP contribution >= 0.6 is 0 Å². The zero-order valence-electron chi connectivity index (χ0n) is 19.3. The number of benzene rings is 3. The third-order valence-corrected chi connectivity index (χ3v) is 6.84.